The fourth-order valence-corrected chi connectivity index (χ4v) is 2.44. The molecule has 3 heteroatoms. The van der Waals surface area contributed by atoms with Crippen molar-refractivity contribution in [2.75, 3.05) is 0 Å². The summed E-state index contributed by atoms with van der Waals surface area (Å²) in [6.45, 7) is 6.08. The molecule has 0 atom stereocenters. The van der Waals surface area contributed by atoms with Crippen LogP contribution in [0.25, 0.3) is 11.3 Å². The standard InChI is InChI=1S/C21H21NO2/c1-15(2)23-21-14-18(24-17-7-5-4-6-8-17)9-10-19(21)20-13-16(3)11-12-22-20/h4-15H,1-3H3. The molecule has 1 heterocycles. The second-order valence-electron chi connectivity index (χ2n) is 5.96. The second kappa shape index (κ2) is 7.18. The van der Waals surface area contributed by atoms with Crippen molar-refractivity contribution in [3.63, 3.8) is 0 Å². The fraction of sp³-hybridized carbons (Fsp3) is 0.190. The number of nitrogens with zero attached hydrogens (tertiary/aromatic N) is 1. The van der Waals surface area contributed by atoms with Gasteiger partial charge in [0.15, 0.2) is 0 Å². The van der Waals surface area contributed by atoms with Crippen molar-refractivity contribution in [3.05, 3.63) is 72.4 Å². The van der Waals surface area contributed by atoms with Crippen molar-refractivity contribution >= 4 is 0 Å². The van der Waals surface area contributed by atoms with Crippen molar-refractivity contribution in [2.45, 2.75) is 26.9 Å². The number of pyridine rings is 1. The van der Waals surface area contributed by atoms with Gasteiger partial charge in [-0.1, -0.05) is 18.2 Å². The first-order valence-corrected chi connectivity index (χ1v) is 8.08. The van der Waals surface area contributed by atoms with Crippen LogP contribution in [0.5, 0.6) is 17.2 Å². The van der Waals surface area contributed by atoms with E-state index >= 15 is 0 Å². The van der Waals surface area contributed by atoms with Gasteiger partial charge in [0.05, 0.1) is 11.8 Å². The van der Waals surface area contributed by atoms with Gasteiger partial charge < -0.3 is 9.47 Å². The maximum absolute atomic E-state index is 6.00. The first-order chi connectivity index (χ1) is 11.6. The predicted octanol–water partition coefficient (Wildman–Crippen LogP) is 5.64. The second-order valence-corrected chi connectivity index (χ2v) is 5.96. The lowest BCUT2D eigenvalue weighted by molar-refractivity contribution is 0.242. The van der Waals surface area contributed by atoms with Crippen LogP contribution in [-0.2, 0) is 0 Å². The van der Waals surface area contributed by atoms with E-state index in [1.807, 2.05) is 74.6 Å². The van der Waals surface area contributed by atoms with E-state index in [2.05, 4.69) is 18.0 Å². The van der Waals surface area contributed by atoms with Gasteiger partial charge in [0.25, 0.3) is 0 Å². The highest BCUT2D eigenvalue weighted by Gasteiger charge is 2.12. The summed E-state index contributed by atoms with van der Waals surface area (Å²) in [6.07, 6.45) is 1.89. The van der Waals surface area contributed by atoms with Gasteiger partial charge in [0, 0.05) is 17.8 Å². The van der Waals surface area contributed by atoms with E-state index in [4.69, 9.17) is 9.47 Å². The normalized spacial score (nSPS) is 10.7. The average Bonchev–Trinajstić information content (AvgIpc) is 2.55. The smallest absolute Gasteiger partial charge is 0.132 e. The molecule has 0 amide bonds. The molecule has 0 bridgehead atoms. The van der Waals surface area contributed by atoms with E-state index in [-0.39, 0.29) is 6.10 Å². The molecular formula is C21H21NO2. The lowest BCUT2D eigenvalue weighted by Gasteiger charge is -2.16. The van der Waals surface area contributed by atoms with E-state index in [1.54, 1.807) is 0 Å². The molecule has 3 aromatic rings. The molecule has 0 N–H and O–H groups in total. The van der Waals surface area contributed by atoms with Crippen LogP contribution < -0.4 is 9.47 Å². The van der Waals surface area contributed by atoms with Crippen LogP contribution in [0.2, 0.25) is 0 Å². The summed E-state index contributed by atoms with van der Waals surface area (Å²) < 4.78 is 11.9. The summed E-state index contributed by atoms with van der Waals surface area (Å²) in [5, 5.41) is 0. The van der Waals surface area contributed by atoms with Crippen molar-refractivity contribution in [1.29, 1.82) is 0 Å². The lowest BCUT2D eigenvalue weighted by Crippen LogP contribution is -2.07. The molecule has 0 radical (unpaired) electrons. The zero-order chi connectivity index (χ0) is 16.9. The molecule has 24 heavy (non-hydrogen) atoms. The summed E-state index contributed by atoms with van der Waals surface area (Å²) in [5.41, 5.74) is 3.03. The summed E-state index contributed by atoms with van der Waals surface area (Å²) in [4.78, 5) is 4.47. The van der Waals surface area contributed by atoms with Gasteiger partial charge in [0.2, 0.25) is 0 Å². The van der Waals surface area contributed by atoms with E-state index in [9.17, 15) is 0 Å². The minimum Gasteiger partial charge on any atom is -0.490 e. The van der Waals surface area contributed by atoms with Crippen LogP contribution in [0.15, 0.2) is 66.9 Å². The summed E-state index contributed by atoms with van der Waals surface area (Å²) in [7, 11) is 0. The fourth-order valence-electron chi connectivity index (χ4n) is 2.44. The third-order valence-electron chi connectivity index (χ3n) is 3.49. The zero-order valence-electron chi connectivity index (χ0n) is 14.2. The zero-order valence-corrected chi connectivity index (χ0v) is 14.2. The quantitative estimate of drug-likeness (QED) is 0.610. The van der Waals surface area contributed by atoms with Crippen LogP contribution in [0.4, 0.5) is 0 Å². The van der Waals surface area contributed by atoms with E-state index in [0.717, 1.165) is 28.5 Å². The molecule has 0 aliphatic carbocycles. The Hall–Kier alpha value is -2.81. The SMILES string of the molecule is Cc1ccnc(-c2ccc(Oc3ccccc3)cc2OC(C)C)c1. The van der Waals surface area contributed by atoms with Gasteiger partial charge in [-0.3, -0.25) is 4.98 Å². The number of hydrogen-bond acceptors (Lipinski definition) is 3. The summed E-state index contributed by atoms with van der Waals surface area (Å²) in [6, 6.07) is 19.6. The molecule has 1 aromatic heterocycles. The molecule has 0 fully saturated rings. The van der Waals surface area contributed by atoms with Gasteiger partial charge in [-0.15, -0.1) is 0 Å². The highest BCUT2D eigenvalue weighted by Crippen LogP contribution is 2.35. The number of aryl methyl sites for hydroxylation is 1. The highest BCUT2D eigenvalue weighted by molar-refractivity contribution is 5.69. The van der Waals surface area contributed by atoms with Crippen LogP contribution in [0, 0.1) is 6.92 Å². The number of benzene rings is 2. The van der Waals surface area contributed by atoms with Crippen LogP contribution >= 0.6 is 0 Å². The van der Waals surface area contributed by atoms with Crippen LogP contribution in [-0.4, -0.2) is 11.1 Å². The number of aromatic nitrogens is 1. The maximum Gasteiger partial charge on any atom is 0.132 e. The number of rotatable bonds is 5. The van der Waals surface area contributed by atoms with Gasteiger partial charge in [-0.05, 0) is 62.7 Å². The third kappa shape index (κ3) is 3.93. The first kappa shape index (κ1) is 16.1. The number of ether oxygens (including phenoxy) is 2. The molecular weight excluding hydrogens is 298 g/mol. The highest BCUT2D eigenvalue weighted by atomic mass is 16.5. The van der Waals surface area contributed by atoms with E-state index in [1.165, 1.54) is 5.56 Å². The van der Waals surface area contributed by atoms with Crippen molar-refractivity contribution < 1.29 is 9.47 Å². The van der Waals surface area contributed by atoms with Crippen molar-refractivity contribution in [1.82, 2.24) is 4.98 Å². The molecule has 0 spiro atoms. The van der Waals surface area contributed by atoms with Crippen LogP contribution in [0.1, 0.15) is 19.4 Å². The Bertz CT molecular complexity index is 813. The van der Waals surface area contributed by atoms with Gasteiger partial charge in [-0.25, -0.2) is 0 Å². The predicted molar refractivity (Wildman–Crippen MR) is 96.7 cm³/mol. The summed E-state index contributed by atoms with van der Waals surface area (Å²) in [5.74, 6) is 2.32. The largest absolute Gasteiger partial charge is 0.490 e. The minimum atomic E-state index is 0.0699. The molecule has 3 nitrogen and oxygen atoms in total. The van der Waals surface area contributed by atoms with Crippen LogP contribution in [0.3, 0.4) is 0 Å². The first-order valence-electron chi connectivity index (χ1n) is 8.08. The number of para-hydroxylation sites is 1. The number of hydrogen-bond donors (Lipinski definition) is 0. The van der Waals surface area contributed by atoms with Crippen molar-refractivity contribution in [3.8, 4) is 28.5 Å². The monoisotopic (exact) mass is 319 g/mol. The molecule has 0 saturated heterocycles. The Labute approximate surface area is 142 Å². The molecule has 3 rings (SSSR count). The molecule has 122 valence electrons. The molecule has 0 saturated carbocycles. The Morgan fingerprint density at radius 3 is 2.38 bits per heavy atom. The molecule has 0 unspecified atom stereocenters. The Morgan fingerprint density at radius 1 is 0.875 bits per heavy atom. The van der Waals surface area contributed by atoms with Gasteiger partial charge in [-0.2, -0.15) is 0 Å². The van der Waals surface area contributed by atoms with Gasteiger partial charge in [0.1, 0.15) is 17.2 Å². The van der Waals surface area contributed by atoms with Crippen molar-refractivity contribution in [2.24, 2.45) is 0 Å². The Balaban J connectivity index is 1.97. The van der Waals surface area contributed by atoms with Gasteiger partial charge >= 0.3 is 0 Å². The summed E-state index contributed by atoms with van der Waals surface area (Å²) >= 11 is 0. The third-order valence-corrected chi connectivity index (χ3v) is 3.49. The Morgan fingerprint density at radius 2 is 1.67 bits per heavy atom. The molecule has 0 aliphatic heterocycles. The minimum absolute atomic E-state index is 0.0699. The maximum atomic E-state index is 6.00. The van der Waals surface area contributed by atoms with E-state index < -0.39 is 0 Å². The topological polar surface area (TPSA) is 31.4 Å². The molecule has 2 aromatic carbocycles. The average molecular weight is 319 g/mol. The Kier molecular flexibility index (Phi) is 4.80. The molecule has 0 aliphatic rings. The van der Waals surface area contributed by atoms with E-state index in [0.29, 0.717) is 0 Å². The lowest BCUT2D eigenvalue weighted by atomic mass is 10.1.